The minimum Gasteiger partial charge on any atom is -0.594 e. The standard InChI is InChI=1S/C19H25N5O4/c1-12(18(26)27)13(2)20-17(25)11-14-7-9-23(10-8-14)19-21-15-5-3-4-6-16(15)24(28)22-19/h3-6,12-14H,7-11H2,1-2H3,(H,20,25)(H,26,27). The van der Waals surface area contributed by atoms with Crippen LogP contribution in [-0.4, -0.2) is 46.2 Å². The van der Waals surface area contributed by atoms with Crippen LogP contribution in [0.2, 0.25) is 0 Å². The van der Waals surface area contributed by atoms with E-state index in [4.69, 9.17) is 5.11 Å². The maximum absolute atomic E-state index is 12.2. The first-order valence-electron chi connectivity index (χ1n) is 9.49. The number of rotatable bonds is 6. The third kappa shape index (κ3) is 4.47. The van der Waals surface area contributed by atoms with Crippen molar-refractivity contribution in [3.8, 4) is 0 Å². The van der Waals surface area contributed by atoms with Gasteiger partial charge in [0, 0.05) is 31.6 Å². The van der Waals surface area contributed by atoms with E-state index in [2.05, 4.69) is 15.4 Å². The average Bonchev–Trinajstić information content (AvgIpc) is 2.67. The second-order valence-corrected chi connectivity index (χ2v) is 7.39. The number of carbonyl (C=O) groups is 2. The third-order valence-electron chi connectivity index (χ3n) is 5.39. The van der Waals surface area contributed by atoms with Gasteiger partial charge in [-0.15, -0.1) is 0 Å². The van der Waals surface area contributed by atoms with Gasteiger partial charge in [-0.05, 0) is 43.5 Å². The van der Waals surface area contributed by atoms with Crippen LogP contribution in [0.25, 0.3) is 11.0 Å². The normalized spacial score (nSPS) is 17.3. The number of anilines is 1. The van der Waals surface area contributed by atoms with Gasteiger partial charge in [0.15, 0.2) is 0 Å². The molecule has 9 nitrogen and oxygen atoms in total. The number of nitrogens with one attached hydrogen (secondary N) is 1. The molecule has 0 radical (unpaired) electrons. The van der Waals surface area contributed by atoms with E-state index in [9.17, 15) is 14.8 Å². The Hall–Kier alpha value is -2.97. The van der Waals surface area contributed by atoms with Crippen LogP contribution in [0.4, 0.5) is 5.95 Å². The molecule has 1 aromatic carbocycles. The van der Waals surface area contributed by atoms with Crippen molar-refractivity contribution in [3.05, 3.63) is 29.5 Å². The summed E-state index contributed by atoms with van der Waals surface area (Å²) in [5.74, 6) is -1.07. The summed E-state index contributed by atoms with van der Waals surface area (Å²) >= 11 is 0. The number of piperidine rings is 1. The Morgan fingerprint density at radius 2 is 2.00 bits per heavy atom. The summed E-state index contributed by atoms with van der Waals surface area (Å²) in [6.45, 7) is 4.61. The van der Waals surface area contributed by atoms with Gasteiger partial charge in [-0.25, -0.2) is 4.98 Å². The third-order valence-corrected chi connectivity index (χ3v) is 5.39. The first-order chi connectivity index (χ1) is 13.3. The number of hydrogen-bond donors (Lipinski definition) is 2. The minimum atomic E-state index is -0.924. The molecule has 1 saturated heterocycles. The number of para-hydroxylation sites is 2. The first kappa shape index (κ1) is 19.8. The van der Waals surface area contributed by atoms with Crippen LogP contribution in [0.15, 0.2) is 24.3 Å². The van der Waals surface area contributed by atoms with Crippen LogP contribution >= 0.6 is 0 Å². The Balaban J connectivity index is 1.55. The number of carbonyl (C=O) groups excluding carboxylic acids is 1. The van der Waals surface area contributed by atoms with Crippen LogP contribution in [0.5, 0.6) is 0 Å². The zero-order valence-electron chi connectivity index (χ0n) is 16.0. The second-order valence-electron chi connectivity index (χ2n) is 7.39. The topological polar surface area (TPSA) is 122 Å². The van der Waals surface area contributed by atoms with Crippen LogP contribution in [0.3, 0.4) is 0 Å². The van der Waals surface area contributed by atoms with E-state index in [0.29, 0.717) is 41.3 Å². The van der Waals surface area contributed by atoms with E-state index >= 15 is 0 Å². The highest BCUT2D eigenvalue weighted by molar-refractivity contribution is 5.78. The fraction of sp³-hybridized carbons (Fsp3) is 0.526. The number of amides is 1. The molecule has 1 aromatic heterocycles. The molecular weight excluding hydrogens is 362 g/mol. The van der Waals surface area contributed by atoms with Gasteiger partial charge in [0.05, 0.1) is 11.0 Å². The lowest BCUT2D eigenvalue weighted by Crippen LogP contribution is -2.43. The number of hydrogen-bond acceptors (Lipinski definition) is 6. The van der Waals surface area contributed by atoms with Gasteiger partial charge in [0.25, 0.3) is 11.5 Å². The van der Waals surface area contributed by atoms with Gasteiger partial charge in [0.2, 0.25) is 5.91 Å². The maximum atomic E-state index is 12.2. The van der Waals surface area contributed by atoms with E-state index < -0.39 is 17.9 Å². The highest BCUT2D eigenvalue weighted by Gasteiger charge is 2.26. The highest BCUT2D eigenvalue weighted by atomic mass is 16.5. The largest absolute Gasteiger partial charge is 0.594 e. The van der Waals surface area contributed by atoms with Gasteiger partial charge >= 0.3 is 5.97 Å². The number of benzene rings is 1. The smallest absolute Gasteiger partial charge is 0.308 e. The molecule has 0 bridgehead atoms. The lowest BCUT2D eigenvalue weighted by molar-refractivity contribution is -0.641. The van der Waals surface area contributed by atoms with E-state index in [-0.39, 0.29) is 11.8 Å². The number of nitrogens with zero attached hydrogens (tertiary/aromatic N) is 4. The van der Waals surface area contributed by atoms with Crippen LogP contribution in [-0.2, 0) is 9.59 Å². The number of aromatic nitrogens is 3. The molecule has 1 amide bonds. The molecule has 2 unspecified atom stereocenters. The Morgan fingerprint density at radius 3 is 2.68 bits per heavy atom. The molecule has 1 fully saturated rings. The molecule has 150 valence electrons. The van der Waals surface area contributed by atoms with Gasteiger partial charge < -0.3 is 20.5 Å². The molecule has 2 atom stereocenters. The molecule has 2 heterocycles. The summed E-state index contributed by atoms with van der Waals surface area (Å²) in [6, 6.07) is 6.66. The quantitative estimate of drug-likeness (QED) is 0.562. The molecule has 9 heteroatoms. The minimum absolute atomic E-state index is 0.126. The van der Waals surface area contributed by atoms with Gasteiger partial charge in [0.1, 0.15) is 5.52 Å². The summed E-state index contributed by atoms with van der Waals surface area (Å²) in [5, 5.41) is 27.9. The Morgan fingerprint density at radius 1 is 1.32 bits per heavy atom. The van der Waals surface area contributed by atoms with Crippen molar-refractivity contribution in [1.82, 2.24) is 15.4 Å². The van der Waals surface area contributed by atoms with E-state index in [1.807, 2.05) is 11.0 Å². The monoisotopic (exact) mass is 387 g/mol. The molecule has 1 aliphatic heterocycles. The fourth-order valence-electron chi connectivity index (χ4n) is 3.37. The van der Waals surface area contributed by atoms with Crippen molar-refractivity contribution in [1.29, 1.82) is 0 Å². The molecule has 2 aromatic rings. The van der Waals surface area contributed by atoms with Crippen molar-refractivity contribution in [2.24, 2.45) is 11.8 Å². The molecule has 0 saturated carbocycles. The molecule has 1 aliphatic rings. The lowest BCUT2D eigenvalue weighted by atomic mass is 9.93. The van der Waals surface area contributed by atoms with E-state index in [1.165, 1.54) is 0 Å². The van der Waals surface area contributed by atoms with Crippen molar-refractivity contribution in [2.75, 3.05) is 18.0 Å². The molecular formula is C19H25N5O4. The predicted molar refractivity (Wildman–Crippen MR) is 102 cm³/mol. The van der Waals surface area contributed by atoms with Gasteiger partial charge in [-0.2, -0.15) is 0 Å². The zero-order valence-corrected chi connectivity index (χ0v) is 16.0. The van der Waals surface area contributed by atoms with Gasteiger partial charge in [-0.3, -0.25) is 9.59 Å². The first-order valence-corrected chi connectivity index (χ1v) is 9.49. The Kier molecular flexibility index (Phi) is 5.91. The average molecular weight is 387 g/mol. The van der Waals surface area contributed by atoms with Crippen LogP contribution < -0.4 is 15.1 Å². The Bertz CT molecular complexity index is 867. The zero-order chi connectivity index (χ0) is 20.3. The molecule has 3 rings (SSSR count). The second kappa shape index (κ2) is 8.37. The molecule has 28 heavy (non-hydrogen) atoms. The Labute approximate surface area is 162 Å². The summed E-state index contributed by atoms with van der Waals surface area (Å²) in [4.78, 5) is 30.2. The highest BCUT2D eigenvalue weighted by Crippen LogP contribution is 2.23. The van der Waals surface area contributed by atoms with E-state index in [0.717, 1.165) is 12.8 Å². The molecule has 0 aliphatic carbocycles. The molecule has 2 N–H and O–H groups in total. The summed E-state index contributed by atoms with van der Waals surface area (Å²) in [5.41, 5.74) is 1.04. The number of aliphatic carboxylic acids is 1. The summed E-state index contributed by atoms with van der Waals surface area (Å²) in [6.07, 6.45) is 1.93. The number of carboxylic acid groups (broad SMARTS) is 1. The van der Waals surface area contributed by atoms with Crippen LogP contribution in [0, 0.1) is 17.0 Å². The van der Waals surface area contributed by atoms with Crippen molar-refractivity contribution in [2.45, 2.75) is 39.2 Å². The SMILES string of the molecule is CC(NC(=O)CC1CCN(c2nc3ccccc3[n+]([O-])n2)CC1)C(C)C(=O)O. The van der Waals surface area contributed by atoms with E-state index in [1.54, 1.807) is 32.0 Å². The maximum Gasteiger partial charge on any atom is 0.308 e. The van der Waals surface area contributed by atoms with Crippen molar-refractivity contribution < 1.29 is 19.5 Å². The number of fused-ring (bicyclic) bond motifs is 1. The van der Waals surface area contributed by atoms with Crippen molar-refractivity contribution in [3.63, 3.8) is 0 Å². The predicted octanol–water partition coefficient (Wildman–Crippen LogP) is 1.10. The fourth-order valence-corrected chi connectivity index (χ4v) is 3.37. The van der Waals surface area contributed by atoms with Crippen LogP contribution in [0.1, 0.15) is 33.1 Å². The van der Waals surface area contributed by atoms with Gasteiger partial charge in [-0.1, -0.05) is 12.1 Å². The lowest BCUT2D eigenvalue weighted by Gasteiger charge is -2.31. The number of carboxylic acids is 1. The molecule has 0 spiro atoms. The van der Waals surface area contributed by atoms with Crippen molar-refractivity contribution >= 4 is 28.9 Å². The summed E-state index contributed by atoms with van der Waals surface area (Å²) < 4.78 is 0. The summed E-state index contributed by atoms with van der Waals surface area (Å²) in [7, 11) is 0.